The number of hydrogen-bond donors (Lipinski definition) is 2. The molecule has 4 nitrogen and oxygen atoms in total. The average molecular weight is 333 g/mol. The maximum atomic E-state index is 9.29. The van der Waals surface area contributed by atoms with Crippen molar-refractivity contribution in [1.29, 1.82) is 0 Å². The summed E-state index contributed by atoms with van der Waals surface area (Å²) in [5.74, 6) is -2.45. The van der Waals surface area contributed by atoms with Crippen molar-refractivity contribution in [3.05, 3.63) is 0 Å². The summed E-state index contributed by atoms with van der Waals surface area (Å²) in [6.07, 6.45) is 0. The van der Waals surface area contributed by atoms with Crippen LogP contribution in [0, 0.1) is 0 Å². The number of carboxylic acid groups (broad SMARTS) is 2. The van der Waals surface area contributed by atoms with Gasteiger partial charge in [-0.1, -0.05) is 14.9 Å². The number of aliphatic carboxylic acids is 2. The van der Waals surface area contributed by atoms with Crippen molar-refractivity contribution >= 4 is 61.1 Å². The van der Waals surface area contributed by atoms with E-state index in [1.54, 1.807) is 0 Å². The van der Waals surface area contributed by atoms with Gasteiger partial charge in [0, 0.05) is 5.97 Å². The van der Waals surface area contributed by atoms with Crippen LogP contribution in [0.5, 0.6) is 0 Å². The van der Waals surface area contributed by atoms with Crippen LogP contribution in [0.1, 0.15) is 14.9 Å². The molecule has 0 fully saturated rings. The van der Waals surface area contributed by atoms with Crippen LogP contribution >= 0.6 is 12.6 Å². The van der Waals surface area contributed by atoms with Gasteiger partial charge in [-0.25, -0.2) is 0 Å². The molecule has 0 aromatic rings. The molecule has 0 saturated carbocycles. The van der Waals surface area contributed by atoms with Crippen molar-refractivity contribution < 1.29 is 19.8 Å². The monoisotopic (exact) mass is 334 g/mol. The third kappa shape index (κ3) is 68.8. The van der Waals surface area contributed by atoms with Gasteiger partial charge in [0.2, 0.25) is 0 Å². The quantitative estimate of drug-likeness (QED) is 0.392. The molecule has 0 aliphatic heterocycles. The molecule has 1 N–H and O–H groups in total. The molecule has 0 bridgehead atoms. The van der Waals surface area contributed by atoms with Crippen molar-refractivity contribution in [3.63, 3.8) is 0 Å². The molecule has 0 amide bonds. The second-order valence-electron chi connectivity index (χ2n) is 1.07. The summed E-state index contributed by atoms with van der Waals surface area (Å²) in [6, 6.07) is 0. The van der Waals surface area contributed by atoms with E-state index >= 15 is 0 Å². The largest absolute Gasteiger partial charge is 2.00 e. The van der Waals surface area contributed by atoms with Gasteiger partial charge < -0.3 is 27.6 Å². The molecule has 0 heterocycles. The first kappa shape index (κ1) is 29.2. The molecule has 0 rings (SSSR count). The van der Waals surface area contributed by atoms with Gasteiger partial charge in [-0.2, -0.15) is 12.6 Å². The van der Waals surface area contributed by atoms with Crippen LogP contribution in [-0.4, -0.2) is 52.5 Å². The number of carbonyl (C=O) groups excluding carboxylic acids is 1. The van der Waals surface area contributed by atoms with Crippen LogP contribution in [0.25, 0.3) is 0 Å². The smallest absolute Gasteiger partial charge is 0.787 e. The zero-order valence-corrected chi connectivity index (χ0v) is 10.0. The summed E-state index contributed by atoms with van der Waals surface area (Å²) in [5.41, 5.74) is 0. The van der Waals surface area contributed by atoms with Gasteiger partial charge in [0.1, 0.15) is 0 Å². The zero-order chi connectivity index (χ0) is 8.57. The molecular formula is C6H14O4S2Sn. The summed E-state index contributed by atoms with van der Waals surface area (Å²) in [6.45, 7) is 0. The molecule has 2 radical (unpaired) electrons. The van der Waals surface area contributed by atoms with Gasteiger partial charge in [-0.3, -0.25) is 4.79 Å². The number of carboxylic acids is 2. The minimum Gasteiger partial charge on any atom is -0.787 e. The molecule has 0 aliphatic carbocycles. The average Bonchev–Trinajstić information content (AvgIpc) is 1.89. The van der Waals surface area contributed by atoms with E-state index < -0.39 is 11.9 Å². The maximum Gasteiger partial charge on any atom is 2.00 e. The van der Waals surface area contributed by atoms with Crippen molar-refractivity contribution in [1.82, 2.24) is 0 Å². The number of thiol groups is 1. The minimum atomic E-state index is -1.18. The van der Waals surface area contributed by atoms with E-state index in [0.717, 1.165) is 0 Å². The topological polar surface area (TPSA) is 77.4 Å². The fourth-order valence-electron chi connectivity index (χ4n) is 0. The van der Waals surface area contributed by atoms with Gasteiger partial charge in [0.25, 0.3) is 0 Å². The third-order valence-corrected chi connectivity index (χ3v) is 0.759. The first-order valence-electron chi connectivity index (χ1n) is 2.15. The first-order chi connectivity index (χ1) is 4.54. The Bertz CT molecular complexity index is 107. The van der Waals surface area contributed by atoms with Crippen molar-refractivity contribution in [2.45, 2.75) is 14.9 Å². The summed E-state index contributed by atoms with van der Waals surface area (Å²) in [4.78, 5) is 18.4. The van der Waals surface area contributed by atoms with Crippen LogP contribution in [0.4, 0.5) is 0 Å². The van der Waals surface area contributed by atoms with Crippen molar-refractivity contribution in [2.24, 2.45) is 0 Å². The van der Waals surface area contributed by atoms with E-state index in [2.05, 4.69) is 25.3 Å². The molecule has 13 heavy (non-hydrogen) atoms. The molecule has 0 aliphatic rings. The zero-order valence-electron chi connectivity index (χ0n) is 5.44. The Labute approximate surface area is 107 Å². The van der Waals surface area contributed by atoms with Crippen LogP contribution in [-0.2, 0) is 22.2 Å². The summed E-state index contributed by atoms with van der Waals surface area (Å²) < 4.78 is 0. The molecule has 0 aromatic carbocycles. The van der Waals surface area contributed by atoms with E-state index in [1.165, 1.54) is 0 Å². The Morgan fingerprint density at radius 3 is 1.54 bits per heavy atom. The number of rotatable bonds is 2. The summed E-state index contributed by atoms with van der Waals surface area (Å²) >= 11 is 7.43. The van der Waals surface area contributed by atoms with Crippen LogP contribution in [0.2, 0.25) is 0 Å². The van der Waals surface area contributed by atoms with Crippen LogP contribution in [0.3, 0.4) is 0 Å². The SMILES string of the molecule is C.C.O=C(O)CS.O=C([O-])C[S-].[Sn+2]. The van der Waals surface area contributed by atoms with E-state index in [0.29, 0.717) is 0 Å². The van der Waals surface area contributed by atoms with Gasteiger partial charge in [-0.05, 0) is 0 Å². The fraction of sp³-hybridized carbons (Fsp3) is 0.667. The molecule has 0 saturated heterocycles. The Balaban J connectivity index is -0.0000000267. The number of hydrogen-bond acceptors (Lipinski definition) is 5. The van der Waals surface area contributed by atoms with Gasteiger partial charge in [0.15, 0.2) is 0 Å². The minimum absolute atomic E-state index is 0. The Hall–Kier alpha value is 0.439. The van der Waals surface area contributed by atoms with Gasteiger partial charge in [-0.15, -0.1) is 5.75 Å². The predicted octanol–water partition coefficient (Wildman–Crippen LogP) is -0.825. The molecule has 0 spiro atoms. The molecule has 0 atom stereocenters. The van der Waals surface area contributed by atoms with E-state index in [1.807, 2.05) is 0 Å². The maximum absolute atomic E-state index is 9.29. The normalized spacial score (nSPS) is 5.69. The predicted molar refractivity (Wildman–Crippen MR) is 57.9 cm³/mol. The first-order valence-corrected chi connectivity index (χ1v) is 3.36. The summed E-state index contributed by atoms with van der Waals surface area (Å²) in [7, 11) is 0. The standard InChI is InChI=1S/2C2H4O2S.2CH4.Sn/c2*3-2(4)1-5;;;/h2*5H,1H2,(H,3,4);2*1H4;/q;;;;+2/p-2. The van der Waals surface area contributed by atoms with Gasteiger partial charge in [0.05, 0.1) is 5.75 Å². The Morgan fingerprint density at radius 1 is 1.38 bits per heavy atom. The van der Waals surface area contributed by atoms with E-state index in [4.69, 9.17) is 15.0 Å². The molecule has 0 aromatic heterocycles. The Morgan fingerprint density at radius 2 is 1.54 bits per heavy atom. The Kier molecular flexibility index (Phi) is 51.3. The van der Waals surface area contributed by atoms with E-state index in [-0.39, 0.29) is 50.3 Å². The molecule has 0 unspecified atom stereocenters. The van der Waals surface area contributed by atoms with Crippen molar-refractivity contribution in [2.75, 3.05) is 11.5 Å². The second kappa shape index (κ2) is 22.9. The van der Waals surface area contributed by atoms with Gasteiger partial charge >= 0.3 is 29.9 Å². The molecule has 7 heteroatoms. The van der Waals surface area contributed by atoms with E-state index in [9.17, 15) is 4.79 Å². The van der Waals surface area contributed by atoms with Crippen molar-refractivity contribution in [3.8, 4) is 0 Å². The molecular weight excluding hydrogens is 319 g/mol. The second-order valence-corrected chi connectivity index (χ2v) is 1.67. The third-order valence-electron chi connectivity index (χ3n) is 0.253. The molecule has 78 valence electrons. The van der Waals surface area contributed by atoms with Crippen LogP contribution < -0.4 is 5.11 Å². The van der Waals surface area contributed by atoms with Crippen LogP contribution in [0.15, 0.2) is 0 Å². The number of carbonyl (C=O) groups is 2. The fourth-order valence-corrected chi connectivity index (χ4v) is 0. The summed E-state index contributed by atoms with van der Waals surface area (Å²) in [5, 5.41) is 16.8.